The summed E-state index contributed by atoms with van der Waals surface area (Å²) in [6, 6.07) is 5.98. The van der Waals surface area contributed by atoms with Gasteiger partial charge in [-0.1, -0.05) is 0 Å². The zero-order valence-electron chi connectivity index (χ0n) is 7.77. The van der Waals surface area contributed by atoms with Crippen LogP contribution in [-0.4, -0.2) is 9.97 Å². The van der Waals surface area contributed by atoms with Crippen LogP contribution in [-0.2, 0) is 0 Å². The lowest BCUT2D eigenvalue weighted by atomic mass is 10.1. The van der Waals surface area contributed by atoms with Crippen LogP contribution in [0.15, 0.2) is 24.4 Å². The number of nitrogen functional groups attached to an aromatic ring is 1. The highest BCUT2D eigenvalue weighted by molar-refractivity contribution is 5.76. The molecule has 0 atom stereocenters. The second kappa shape index (κ2) is 2.67. The quantitative estimate of drug-likeness (QED) is 0.740. The van der Waals surface area contributed by atoms with E-state index in [9.17, 15) is 0 Å². The molecule has 0 amide bonds. The first-order valence-electron chi connectivity index (χ1n) is 4.85. The number of hydrogen-bond donors (Lipinski definition) is 1. The summed E-state index contributed by atoms with van der Waals surface area (Å²) in [6.45, 7) is 0. The van der Waals surface area contributed by atoms with E-state index in [1.807, 2.05) is 18.3 Å². The molecule has 2 aromatic rings. The van der Waals surface area contributed by atoms with E-state index in [-0.39, 0.29) is 0 Å². The van der Waals surface area contributed by atoms with Crippen molar-refractivity contribution < 1.29 is 0 Å². The fraction of sp³-hybridized carbons (Fsp3) is 0.273. The van der Waals surface area contributed by atoms with Gasteiger partial charge in [0.05, 0.1) is 0 Å². The predicted octanol–water partition coefficient (Wildman–Crippen LogP) is 2.09. The zero-order chi connectivity index (χ0) is 9.54. The molecule has 70 valence electrons. The number of nitrogens with two attached hydrogens (primary N) is 1. The maximum atomic E-state index is 5.58. The van der Waals surface area contributed by atoms with E-state index in [1.165, 1.54) is 18.4 Å². The Morgan fingerprint density at radius 3 is 2.93 bits per heavy atom. The largest absolute Gasteiger partial charge is 0.384 e. The summed E-state index contributed by atoms with van der Waals surface area (Å²) < 4.78 is 0. The van der Waals surface area contributed by atoms with Crippen molar-refractivity contribution in [1.29, 1.82) is 0 Å². The highest BCUT2D eigenvalue weighted by Crippen LogP contribution is 2.40. The molecule has 0 saturated heterocycles. The van der Waals surface area contributed by atoms with Crippen molar-refractivity contribution >= 4 is 16.9 Å². The number of anilines is 1. The van der Waals surface area contributed by atoms with E-state index in [0.29, 0.717) is 5.82 Å². The van der Waals surface area contributed by atoms with E-state index in [1.54, 1.807) is 0 Å². The molecule has 1 aliphatic carbocycles. The molecule has 1 aliphatic rings. The van der Waals surface area contributed by atoms with Gasteiger partial charge in [-0.3, -0.25) is 0 Å². The van der Waals surface area contributed by atoms with Crippen LogP contribution in [0.2, 0.25) is 0 Å². The van der Waals surface area contributed by atoms with Gasteiger partial charge in [0.2, 0.25) is 0 Å². The Bertz CT molecular complexity index is 489. The molecular formula is C11H11N3. The van der Waals surface area contributed by atoms with E-state index in [2.05, 4.69) is 16.0 Å². The second-order valence-corrected chi connectivity index (χ2v) is 3.83. The Kier molecular flexibility index (Phi) is 1.48. The number of hydrogen-bond acceptors (Lipinski definition) is 3. The second-order valence-electron chi connectivity index (χ2n) is 3.83. The van der Waals surface area contributed by atoms with Crippen LogP contribution in [0.25, 0.3) is 11.0 Å². The van der Waals surface area contributed by atoms with Crippen LogP contribution in [0, 0.1) is 0 Å². The summed E-state index contributed by atoms with van der Waals surface area (Å²) in [4.78, 5) is 8.48. The Hall–Kier alpha value is -1.64. The molecule has 2 N–H and O–H groups in total. The maximum absolute atomic E-state index is 5.58. The van der Waals surface area contributed by atoms with Gasteiger partial charge < -0.3 is 5.73 Å². The van der Waals surface area contributed by atoms with Gasteiger partial charge in [-0.2, -0.15) is 0 Å². The summed E-state index contributed by atoms with van der Waals surface area (Å²) in [5.41, 5.74) is 7.66. The summed E-state index contributed by atoms with van der Waals surface area (Å²) >= 11 is 0. The Labute approximate surface area is 82.0 Å². The Balaban J connectivity index is 2.18. The lowest BCUT2D eigenvalue weighted by molar-refractivity contribution is 1.10. The molecule has 2 aromatic heterocycles. The lowest BCUT2D eigenvalue weighted by Crippen LogP contribution is -1.92. The average Bonchev–Trinajstić information content (AvgIpc) is 3.00. The third-order valence-electron chi connectivity index (χ3n) is 2.63. The van der Waals surface area contributed by atoms with Gasteiger partial charge in [-0.25, -0.2) is 9.97 Å². The first-order valence-corrected chi connectivity index (χ1v) is 4.85. The van der Waals surface area contributed by atoms with Crippen molar-refractivity contribution in [1.82, 2.24) is 9.97 Å². The van der Waals surface area contributed by atoms with Crippen molar-refractivity contribution in [3.8, 4) is 0 Å². The summed E-state index contributed by atoms with van der Waals surface area (Å²) in [5.74, 6) is 1.27. The molecule has 0 radical (unpaired) electrons. The highest BCUT2D eigenvalue weighted by Gasteiger charge is 2.23. The topological polar surface area (TPSA) is 51.8 Å². The van der Waals surface area contributed by atoms with Crippen molar-refractivity contribution in [3.05, 3.63) is 30.0 Å². The molecular weight excluding hydrogens is 174 g/mol. The monoisotopic (exact) mass is 185 g/mol. The molecule has 1 saturated carbocycles. The molecule has 0 bridgehead atoms. The van der Waals surface area contributed by atoms with Crippen molar-refractivity contribution in [2.24, 2.45) is 0 Å². The number of rotatable bonds is 1. The van der Waals surface area contributed by atoms with E-state index >= 15 is 0 Å². The Morgan fingerprint density at radius 1 is 1.29 bits per heavy atom. The predicted molar refractivity (Wildman–Crippen MR) is 55.9 cm³/mol. The van der Waals surface area contributed by atoms with Gasteiger partial charge >= 0.3 is 0 Å². The number of nitrogens with zero attached hydrogens (tertiary/aromatic N) is 2. The van der Waals surface area contributed by atoms with Gasteiger partial charge in [-0.15, -0.1) is 0 Å². The third-order valence-corrected chi connectivity index (χ3v) is 2.63. The first-order chi connectivity index (χ1) is 6.83. The smallest absolute Gasteiger partial charge is 0.161 e. The molecule has 1 fully saturated rings. The number of aromatic nitrogens is 2. The number of pyridine rings is 2. The molecule has 3 heteroatoms. The fourth-order valence-corrected chi connectivity index (χ4v) is 1.68. The van der Waals surface area contributed by atoms with Gasteiger partial charge in [0.1, 0.15) is 5.82 Å². The van der Waals surface area contributed by atoms with Gasteiger partial charge in [0.25, 0.3) is 0 Å². The minimum Gasteiger partial charge on any atom is -0.384 e. The van der Waals surface area contributed by atoms with E-state index in [0.717, 1.165) is 17.0 Å². The van der Waals surface area contributed by atoms with Crippen LogP contribution in [0.4, 0.5) is 5.82 Å². The van der Waals surface area contributed by atoms with Gasteiger partial charge in [-0.05, 0) is 42.5 Å². The summed E-state index contributed by atoms with van der Waals surface area (Å²) in [5, 5.41) is 1.09. The molecule has 14 heavy (non-hydrogen) atoms. The molecule has 3 nitrogen and oxygen atoms in total. The van der Waals surface area contributed by atoms with Crippen LogP contribution < -0.4 is 5.73 Å². The normalized spacial score (nSPS) is 16.0. The van der Waals surface area contributed by atoms with Gasteiger partial charge in [0, 0.05) is 11.6 Å². The molecule has 3 rings (SSSR count). The van der Waals surface area contributed by atoms with Crippen molar-refractivity contribution in [2.75, 3.05) is 5.73 Å². The van der Waals surface area contributed by atoms with E-state index < -0.39 is 0 Å². The molecule has 0 unspecified atom stereocenters. The van der Waals surface area contributed by atoms with E-state index in [4.69, 9.17) is 5.73 Å². The minimum absolute atomic E-state index is 0.532. The minimum atomic E-state index is 0.532. The fourth-order valence-electron chi connectivity index (χ4n) is 1.68. The zero-order valence-corrected chi connectivity index (χ0v) is 7.77. The molecule has 0 spiro atoms. The van der Waals surface area contributed by atoms with Crippen LogP contribution >= 0.6 is 0 Å². The standard InChI is InChI=1S/C11H11N3/c12-10-4-3-8-5-9(7-1-2-7)6-13-11(8)14-10/h3-7H,1-2H2,(H2,12,13,14). The third kappa shape index (κ3) is 1.21. The molecule has 0 aliphatic heterocycles. The Morgan fingerprint density at radius 2 is 2.14 bits per heavy atom. The highest BCUT2D eigenvalue weighted by atomic mass is 14.9. The van der Waals surface area contributed by atoms with Gasteiger partial charge in [0.15, 0.2) is 5.65 Å². The maximum Gasteiger partial charge on any atom is 0.161 e. The summed E-state index contributed by atoms with van der Waals surface area (Å²) in [7, 11) is 0. The van der Waals surface area contributed by atoms with Crippen LogP contribution in [0.1, 0.15) is 24.3 Å². The van der Waals surface area contributed by atoms with Crippen LogP contribution in [0.3, 0.4) is 0 Å². The van der Waals surface area contributed by atoms with Crippen molar-refractivity contribution in [3.63, 3.8) is 0 Å². The molecule has 0 aromatic carbocycles. The SMILES string of the molecule is Nc1ccc2cc(C3CC3)cnc2n1. The van der Waals surface area contributed by atoms with Crippen LogP contribution in [0.5, 0.6) is 0 Å². The number of fused-ring (bicyclic) bond motifs is 1. The lowest BCUT2D eigenvalue weighted by Gasteiger charge is -2.00. The summed E-state index contributed by atoms with van der Waals surface area (Å²) in [6.07, 6.45) is 4.53. The van der Waals surface area contributed by atoms with Crippen molar-refractivity contribution in [2.45, 2.75) is 18.8 Å². The first kappa shape index (κ1) is 7.74. The molecule has 2 heterocycles. The average molecular weight is 185 g/mol.